The van der Waals surface area contributed by atoms with Gasteiger partial charge in [-0.25, -0.2) is 0 Å². The van der Waals surface area contributed by atoms with Crippen LogP contribution in [-0.2, 0) is 4.74 Å². The lowest BCUT2D eigenvalue weighted by Crippen LogP contribution is -2.39. The third kappa shape index (κ3) is 3.49. The predicted octanol–water partition coefficient (Wildman–Crippen LogP) is 1.72. The summed E-state index contributed by atoms with van der Waals surface area (Å²) in [5, 5.41) is 13.7. The van der Waals surface area contributed by atoms with Crippen molar-refractivity contribution >= 4 is 17.3 Å². The Labute approximate surface area is 122 Å². The number of nitro benzene ring substituents is 1. The van der Waals surface area contributed by atoms with Crippen LogP contribution < -0.4 is 11.1 Å². The summed E-state index contributed by atoms with van der Waals surface area (Å²) in [6.07, 6.45) is 1.75. The molecule has 0 aromatic heterocycles. The van der Waals surface area contributed by atoms with Crippen molar-refractivity contribution in [2.24, 2.45) is 5.41 Å². The number of nitro groups is 1. The van der Waals surface area contributed by atoms with E-state index in [0.29, 0.717) is 19.8 Å². The van der Waals surface area contributed by atoms with Crippen LogP contribution in [0.4, 0.5) is 11.4 Å². The zero-order valence-electron chi connectivity index (χ0n) is 11.9. The molecule has 7 nitrogen and oxygen atoms in total. The van der Waals surface area contributed by atoms with Crippen molar-refractivity contribution in [2.75, 3.05) is 25.5 Å². The topological polar surface area (TPSA) is 107 Å². The Morgan fingerprint density at radius 3 is 2.76 bits per heavy atom. The number of hydrogen-bond donors (Lipinski definition) is 2. The Morgan fingerprint density at radius 1 is 1.48 bits per heavy atom. The maximum Gasteiger partial charge on any atom is 0.292 e. The summed E-state index contributed by atoms with van der Waals surface area (Å²) in [5.41, 5.74) is 5.48. The van der Waals surface area contributed by atoms with Gasteiger partial charge in [0, 0.05) is 25.8 Å². The summed E-state index contributed by atoms with van der Waals surface area (Å²) < 4.78 is 5.31. The highest BCUT2D eigenvalue weighted by molar-refractivity contribution is 6.00. The molecule has 1 aromatic rings. The van der Waals surface area contributed by atoms with E-state index in [1.807, 2.05) is 0 Å². The van der Waals surface area contributed by atoms with E-state index >= 15 is 0 Å². The van der Waals surface area contributed by atoms with E-state index in [4.69, 9.17) is 10.5 Å². The van der Waals surface area contributed by atoms with E-state index < -0.39 is 4.92 Å². The number of benzene rings is 1. The first-order chi connectivity index (χ1) is 9.93. The molecule has 0 atom stereocenters. The summed E-state index contributed by atoms with van der Waals surface area (Å²) in [5.74, 6) is -0.385. The minimum atomic E-state index is -0.591. The molecule has 0 bridgehead atoms. The molecule has 3 N–H and O–H groups in total. The number of anilines is 1. The van der Waals surface area contributed by atoms with Crippen molar-refractivity contribution in [3.05, 3.63) is 33.9 Å². The molecule has 0 spiro atoms. The van der Waals surface area contributed by atoms with E-state index in [9.17, 15) is 14.9 Å². The Balaban J connectivity index is 2.07. The third-order valence-electron chi connectivity index (χ3n) is 3.90. The van der Waals surface area contributed by atoms with Crippen LogP contribution in [0.2, 0.25) is 0 Å². The number of nitrogens with two attached hydrogens (primary N) is 1. The minimum Gasteiger partial charge on any atom is -0.393 e. The second-order valence-corrected chi connectivity index (χ2v) is 5.60. The average Bonchev–Trinajstić information content (AvgIpc) is 2.45. The second-order valence-electron chi connectivity index (χ2n) is 5.60. The van der Waals surface area contributed by atoms with Gasteiger partial charge in [0.05, 0.1) is 10.5 Å². The maximum absolute atomic E-state index is 12.2. The highest BCUT2D eigenvalue weighted by Gasteiger charge is 2.28. The lowest BCUT2D eigenvalue weighted by Gasteiger charge is -2.33. The number of hydrogen-bond acceptors (Lipinski definition) is 5. The van der Waals surface area contributed by atoms with Crippen LogP contribution in [0.15, 0.2) is 18.2 Å². The largest absolute Gasteiger partial charge is 0.393 e. The van der Waals surface area contributed by atoms with Gasteiger partial charge in [-0.15, -0.1) is 0 Å². The molecule has 1 amide bonds. The summed E-state index contributed by atoms with van der Waals surface area (Å²) in [7, 11) is 0. The van der Waals surface area contributed by atoms with Gasteiger partial charge in [0.1, 0.15) is 5.69 Å². The number of para-hydroxylation sites is 1. The smallest absolute Gasteiger partial charge is 0.292 e. The molecular weight excluding hydrogens is 274 g/mol. The van der Waals surface area contributed by atoms with Crippen molar-refractivity contribution in [1.29, 1.82) is 0 Å². The maximum atomic E-state index is 12.2. The van der Waals surface area contributed by atoms with Crippen LogP contribution >= 0.6 is 0 Å². The van der Waals surface area contributed by atoms with Crippen LogP contribution in [0.5, 0.6) is 0 Å². The molecule has 2 rings (SSSR count). The second kappa shape index (κ2) is 6.09. The zero-order valence-corrected chi connectivity index (χ0v) is 11.9. The monoisotopic (exact) mass is 293 g/mol. The summed E-state index contributed by atoms with van der Waals surface area (Å²) >= 11 is 0. The highest BCUT2D eigenvalue weighted by Crippen LogP contribution is 2.29. The minimum absolute atomic E-state index is 0.0105. The van der Waals surface area contributed by atoms with Gasteiger partial charge in [-0.05, 0) is 24.3 Å². The predicted molar refractivity (Wildman–Crippen MR) is 78.0 cm³/mol. The summed E-state index contributed by atoms with van der Waals surface area (Å²) in [4.78, 5) is 22.4. The lowest BCUT2D eigenvalue weighted by atomic mass is 9.82. The van der Waals surface area contributed by atoms with Gasteiger partial charge in [0.25, 0.3) is 11.6 Å². The van der Waals surface area contributed by atoms with Gasteiger partial charge >= 0.3 is 0 Å². The van der Waals surface area contributed by atoms with Crippen molar-refractivity contribution in [1.82, 2.24) is 5.32 Å². The number of carbonyl (C=O) groups is 1. The molecule has 21 heavy (non-hydrogen) atoms. The molecule has 0 aliphatic carbocycles. The average molecular weight is 293 g/mol. The van der Waals surface area contributed by atoms with E-state index in [-0.39, 0.29) is 28.3 Å². The first kappa shape index (κ1) is 15.2. The van der Waals surface area contributed by atoms with Crippen LogP contribution in [0.3, 0.4) is 0 Å². The Bertz CT molecular complexity index is 553. The van der Waals surface area contributed by atoms with E-state index in [1.54, 1.807) is 0 Å². The van der Waals surface area contributed by atoms with E-state index in [2.05, 4.69) is 12.2 Å². The molecule has 7 heteroatoms. The van der Waals surface area contributed by atoms with Gasteiger partial charge in [-0.3, -0.25) is 14.9 Å². The van der Waals surface area contributed by atoms with E-state index in [0.717, 1.165) is 12.8 Å². The van der Waals surface area contributed by atoms with Crippen LogP contribution in [0.1, 0.15) is 30.1 Å². The number of nitrogens with zero attached hydrogens (tertiary/aromatic N) is 1. The van der Waals surface area contributed by atoms with E-state index in [1.165, 1.54) is 18.2 Å². The Kier molecular flexibility index (Phi) is 4.42. The molecule has 1 aliphatic heterocycles. The molecule has 0 saturated carbocycles. The van der Waals surface area contributed by atoms with Crippen LogP contribution in [0.25, 0.3) is 0 Å². The Morgan fingerprint density at radius 2 is 2.14 bits per heavy atom. The number of amides is 1. The summed E-state index contributed by atoms with van der Waals surface area (Å²) in [6.45, 7) is 3.96. The highest BCUT2D eigenvalue weighted by atomic mass is 16.6. The molecule has 1 heterocycles. The number of nitrogens with one attached hydrogen (secondary N) is 1. The number of rotatable bonds is 4. The molecule has 1 aliphatic rings. The molecule has 0 unspecified atom stereocenters. The van der Waals surface area contributed by atoms with Crippen molar-refractivity contribution < 1.29 is 14.5 Å². The fourth-order valence-corrected chi connectivity index (χ4v) is 2.34. The molecular formula is C14H19N3O4. The first-order valence-corrected chi connectivity index (χ1v) is 6.82. The SMILES string of the molecule is CC1(CNC(=O)c2cccc([N+](=O)[O-])c2N)CCOCC1. The van der Waals surface area contributed by atoms with Crippen LogP contribution in [0, 0.1) is 15.5 Å². The van der Waals surface area contributed by atoms with Gasteiger partial charge in [0.15, 0.2) is 0 Å². The van der Waals surface area contributed by atoms with Gasteiger partial charge < -0.3 is 15.8 Å². The molecule has 0 radical (unpaired) electrons. The summed E-state index contributed by atoms with van der Waals surface area (Å²) in [6, 6.07) is 4.23. The van der Waals surface area contributed by atoms with Crippen molar-refractivity contribution in [2.45, 2.75) is 19.8 Å². The molecule has 114 valence electrons. The molecule has 1 fully saturated rings. The van der Waals surface area contributed by atoms with Gasteiger partial charge in [0.2, 0.25) is 0 Å². The first-order valence-electron chi connectivity index (χ1n) is 6.82. The van der Waals surface area contributed by atoms with Gasteiger partial charge in [-0.1, -0.05) is 13.0 Å². The van der Waals surface area contributed by atoms with Crippen LogP contribution in [-0.4, -0.2) is 30.6 Å². The quantitative estimate of drug-likeness (QED) is 0.499. The third-order valence-corrected chi connectivity index (χ3v) is 3.90. The van der Waals surface area contributed by atoms with Gasteiger partial charge in [-0.2, -0.15) is 0 Å². The molecule has 1 saturated heterocycles. The van der Waals surface area contributed by atoms with Crippen molar-refractivity contribution in [3.8, 4) is 0 Å². The zero-order chi connectivity index (χ0) is 15.5. The normalized spacial score (nSPS) is 17.2. The fraction of sp³-hybridized carbons (Fsp3) is 0.500. The standard InChI is InChI=1S/C14H19N3O4/c1-14(5-7-21-8-6-14)9-16-13(18)10-3-2-4-11(12(10)15)17(19)20/h2-4H,5-9,15H2,1H3,(H,16,18). The van der Waals surface area contributed by atoms with Crippen molar-refractivity contribution in [3.63, 3.8) is 0 Å². The number of ether oxygens (including phenoxy) is 1. The lowest BCUT2D eigenvalue weighted by molar-refractivity contribution is -0.383. The molecule has 1 aromatic carbocycles. The number of nitrogen functional groups attached to an aromatic ring is 1. The number of carbonyl (C=O) groups excluding carboxylic acids is 1. The fourth-order valence-electron chi connectivity index (χ4n) is 2.34. The Hall–Kier alpha value is -2.15.